The lowest BCUT2D eigenvalue weighted by Crippen LogP contribution is -2.33. The van der Waals surface area contributed by atoms with Crippen molar-refractivity contribution in [3.05, 3.63) is 28.8 Å². The van der Waals surface area contributed by atoms with Crippen molar-refractivity contribution < 1.29 is 4.74 Å². The van der Waals surface area contributed by atoms with Crippen molar-refractivity contribution in [1.82, 2.24) is 0 Å². The van der Waals surface area contributed by atoms with Crippen molar-refractivity contribution in [3.8, 4) is 5.75 Å². The third kappa shape index (κ3) is 3.24. The van der Waals surface area contributed by atoms with E-state index in [0.717, 1.165) is 5.75 Å². The number of hydrogen-bond donors (Lipinski definition) is 1. The lowest BCUT2D eigenvalue weighted by Gasteiger charge is -2.18. The van der Waals surface area contributed by atoms with Gasteiger partial charge in [-0.2, -0.15) is 0 Å². The maximum Gasteiger partial charge on any atom is 0.122 e. The van der Waals surface area contributed by atoms with Crippen LogP contribution in [0.25, 0.3) is 0 Å². The summed E-state index contributed by atoms with van der Waals surface area (Å²) < 4.78 is 5.80. The smallest absolute Gasteiger partial charge is 0.122 e. The summed E-state index contributed by atoms with van der Waals surface area (Å²) in [6, 6.07) is 4.35. The van der Waals surface area contributed by atoms with Crippen molar-refractivity contribution >= 4 is 0 Å². The average Bonchev–Trinajstić information content (AvgIpc) is 2.20. The Labute approximate surface area is 98.8 Å². The van der Waals surface area contributed by atoms with Gasteiger partial charge in [0.15, 0.2) is 0 Å². The summed E-state index contributed by atoms with van der Waals surface area (Å²) in [5, 5.41) is 0. The number of hydrogen-bond acceptors (Lipinski definition) is 2. The van der Waals surface area contributed by atoms with Crippen LogP contribution in [0.4, 0.5) is 0 Å². The van der Waals surface area contributed by atoms with Crippen LogP contribution in [0.15, 0.2) is 12.1 Å². The van der Waals surface area contributed by atoms with Gasteiger partial charge in [-0.05, 0) is 49.4 Å². The molecule has 0 radical (unpaired) electrons. The van der Waals surface area contributed by atoms with E-state index in [9.17, 15) is 0 Å². The fourth-order valence-electron chi connectivity index (χ4n) is 1.53. The first-order valence-corrected chi connectivity index (χ1v) is 5.88. The van der Waals surface area contributed by atoms with Gasteiger partial charge in [-0.1, -0.05) is 19.9 Å². The largest absolute Gasteiger partial charge is 0.492 e. The maximum atomic E-state index is 5.97. The van der Waals surface area contributed by atoms with E-state index in [-0.39, 0.29) is 6.04 Å². The second kappa shape index (κ2) is 5.35. The molecule has 0 aliphatic heterocycles. The molecule has 90 valence electrons. The van der Waals surface area contributed by atoms with Crippen LogP contribution < -0.4 is 10.5 Å². The lowest BCUT2D eigenvalue weighted by molar-refractivity contribution is 0.258. The van der Waals surface area contributed by atoms with E-state index < -0.39 is 0 Å². The molecule has 1 aromatic rings. The van der Waals surface area contributed by atoms with Gasteiger partial charge in [0.25, 0.3) is 0 Å². The molecule has 0 spiro atoms. The summed E-state index contributed by atoms with van der Waals surface area (Å²) in [5.74, 6) is 1.42. The molecule has 0 heterocycles. The number of nitrogens with two attached hydrogens (primary N) is 1. The zero-order valence-corrected chi connectivity index (χ0v) is 11.0. The molecule has 0 aromatic heterocycles. The molecule has 16 heavy (non-hydrogen) atoms. The second-order valence-electron chi connectivity index (χ2n) is 4.92. The zero-order valence-electron chi connectivity index (χ0n) is 11.0. The molecular formula is C14H23NO. The van der Waals surface area contributed by atoms with Gasteiger partial charge in [0.1, 0.15) is 12.4 Å². The van der Waals surface area contributed by atoms with E-state index in [4.69, 9.17) is 10.5 Å². The minimum Gasteiger partial charge on any atom is -0.492 e. The Hall–Kier alpha value is -1.02. The third-order valence-electron chi connectivity index (χ3n) is 3.05. The van der Waals surface area contributed by atoms with E-state index >= 15 is 0 Å². The maximum absolute atomic E-state index is 5.97. The predicted octanol–water partition coefficient (Wildman–Crippen LogP) is 2.97. The molecule has 1 unspecified atom stereocenters. The van der Waals surface area contributed by atoms with Crippen LogP contribution in [0.3, 0.4) is 0 Å². The van der Waals surface area contributed by atoms with Crippen molar-refractivity contribution in [1.29, 1.82) is 0 Å². The van der Waals surface area contributed by atoms with Crippen LogP contribution in [-0.2, 0) is 0 Å². The van der Waals surface area contributed by atoms with Gasteiger partial charge in [-0.15, -0.1) is 0 Å². The molecule has 1 atom stereocenters. The van der Waals surface area contributed by atoms with Crippen molar-refractivity contribution in [2.24, 2.45) is 11.7 Å². The molecule has 2 heteroatoms. The van der Waals surface area contributed by atoms with Crippen LogP contribution in [-0.4, -0.2) is 12.6 Å². The standard InChI is InChI=1S/C14H23NO/c1-9(2)13(15)8-16-14-7-10(3)6-11(4)12(14)5/h6-7,9,13H,8,15H2,1-5H3. The monoisotopic (exact) mass is 221 g/mol. The normalized spacial score (nSPS) is 12.9. The molecule has 0 saturated heterocycles. The number of rotatable bonds is 4. The highest BCUT2D eigenvalue weighted by Gasteiger charge is 2.10. The molecule has 2 N–H and O–H groups in total. The fraction of sp³-hybridized carbons (Fsp3) is 0.571. The van der Waals surface area contributed by atoms with Crippen LogP contribution in [0, 0.1) is 26.7 Å². The highest BCUT2D eigenvalue weighted by Crippen LogP contribution is 2.23. The van der Waals surface area contributed by atoms with E-state index in [2.05, 4.69) is 46.8 Å². The topological polar surface area (TPSA) is 35.2 Å². The third-order valence-corrected chi connectivity index (χ3v) is 3.05. The molecular weight excluding hydrogens is 198 g/mol. The SMILES string of the molecule is Cc1cc(C)c(C)c(OCC(N)C(C)C)c1. The number of ether oxygens (including phenoxy) is 1. The summed E-state index contributed by atoms with van der Waals surface area (Å²) in [6.07, 6.45) is 0. The van der Waals surface area contributed by atoms with Crippen LogP contribution >= 0.6 is 0 Å². The Morgan fingerprint density at radius 1 is 1.19 bits per heavy atom. The molecule has 0 saturated carbocycles. The number of aryl methyl sites for hydroxylation is 2. The first kappa shape index (κ1) is 13.0. The quantitative estimate of drug-likeness (QED) is 0.848. The van der Waals surface area contributed by atoms with Crippen LogP contribution in [0.2, 0.25) is 0 Å². The molecule has 0 aliphatic rings. The summed E-state index contributed by atoms with van der Waals surface area (Å²) in [5.41, 5.74) is 9.68. The highest BCUT2D eigenvalue weighted by atomic mass is 16.5. The zero-order chi connectivity index (χ0) is 12.3. The highest BCUT2D eigenvalue weighted by molar-refractivity contribution is 5.41. The Kier molecular flexibility index (Phi) is 4.36. The van der Waals surface area contributed by atoms with Gasteiger partial charge >= 0.3 is 0 Å². The molecule has 0 aliphatic carbocycles. The fourth-order valence-corrected chi connectivity index (χ4v) is 1.53. The summed E-state index contributed by atoms with van der Waals surface area (Å²) >= 11 is 0. The minimum absolute atomic E-state index is 0.0974. The van der Waals surface area contributed by atoms with Gasteiger partial charge in [-0.3, -0.25) is 0 Å². The predicted molar refractivity (Wildman–Crippen MR) is 69.0 cm³/mol. The summed E-state index contributed by atoms with van der Waals surface area (Å²) in [6.45, 7) is 11.1. The Morgan fingerprint density at radius 3 is 2.38 bits per heavy atom. The van der Waals surface area contributed by atoms with Gasteiger partial charge in [0, 0.05) is 6.04 Å². The lowest BCUT2D eigenvalue weighted by atomic mass is 10.1. The first-order valence-electron chi connectivity index (χ1n) is 5.88. The first-order chi connectivity index (χ1) is 7.41. The Morgan fingerprint density at radius 2 is 1.81 bits per heavy atom. The Bertz CT molecular complexity index is 358. The minimum atomic E-state index is 0.0974. The van der Waals surface area contributed by atoms with Gasteiger partial charge < -0.3 is 10.5 Å². The van der Waals surface area contributed by atoms with Gasteiger partial charge in [0.05, 0.1) is 0 Å². The molecule has 0 bridgehead atoms. The molecule has 2 nitrogen and oxygen atoms in total. The van der Waals surface area contributed by atoms with Crippen molar-refractivity contribution in [2.45, 2.75) is 40.7 Å². The van der Waals surface area contributed by atoms with E-state index in [1.165, 1.54) is 16.7 Å². The van der Waals surface area contributed by atoms with Gasteiger partial charge in [-0.25, -0.2) is 0 Å². The number of benzene rings is 1. The molecule has 0 amide bonds. The van der Waals surface area contributed by atoms with Gasteiger partial charge in [0.2, 0.25) is 0 Å². The van der Waals surface area contributed by atoms with Crippen LogP contribution in [0.5, 0.6) is 5.75 Å². The molecule has 1 aromatic carbocycles. The van der Waals surface area contributed by atoms with Crippen molar-refractivity contribution in [2.75, 3.05) is 6.61 Å². The van der Waals surface area contributed by atoms with E-state index in [1.807, 2.05) is 0 Å². The Balaban J connectivity index is 2.74. The summed E-state index contributed by atoms with van der Waals surface area (Å²) in [4.78, 5) is 0. The van der Waals surface area contributed by atoms with E-state index in [0.29, 0.717) is 12.5 Å². The molecule has 0 fully saturated rings. The average molecular weight is 221 g/mol. The second-order valence-corrected chi connectivity index (χ2v) is 4.92. The van der Waals surface area contributed by atoms with E-state index in [1.54, 1.807) is 0 Å². The van der Waals surface area contributed by atoms with Crippen LogP contribution in [0.1, 0.15) is 30.5 Å². The summed E-state index contributed by atoms with van der Waals surface area (Å²) in [7, 11) is 0. The molecule has 1 rings (SSSR count). The van der Waals surface area contributed by atoms with Crippen molar-refractivity contribution in [3.63, 3.8) is 0 Å².